The van der Waals surface area contributed by atoms with E-state index in [4.69, 9.17) is 21.3 Å². The van der Waals surface area contributed by atoms with Crippen molar-refractivity contribution in [3.05, 3.63) is 86.7 Å². The second-order valence-electron chi connectivity index (χ2n) is 9.09. The molecule has 1 unspecified atom stereocenters. The second kappa shape index (κ2) is 9.30. The predicted octanol–water partition coefficient (Wildman–Crippen LogP) is 5.04. The van der Waals surface area contributed by atoms with E-state index >= 15 is 0 Å². The molecular weight excluding hydrogens is 490 g/mol. The molecule has 2 aliphatic rings. The maximum atomic E-state index is 14.0. The summed E-state index contributed by atoms with van der Waals surface area (Å²) < 4.78 is 23.3. The Morgan fingerprint density at radius 2 is 2.06 bits per heavy atom. The molecule has 2 aliphatic heterocycles. The Balaban J connectivity index is 0.00000253. The summed E-state index contributed by atoms with van der Waals surface area (Å²) in [6, 6.07) is 12.1. The van der Waals surface area contributed by atoms with Crippen molar-refractivity contribution in [2.75, 3.05) is 6.54 Å². The number of aromatic nitrogens is 3. The highest BCUT2D eigenvalue weighted by Gasteiger charge is 2.33. The summed E-state index contributed by atoms with van der Waals surface area (Å²) in [5.74, 6) is 0.488. The van der Waals surface area contributed by atoms with Gasteiger partial charge in [-0.2, -0.15) is 0 Å². The highest BCUT2D eigenvalue weighted by Crippen LogP contribution is 2.35. The molecule has 0 amide bonds. The van der Waals surface area contributed by atoms with Crippen LogP contribution in [-0.2, 0) is 26.6 Å². The van der Waals surface area contributed by atoms with Crippen molar-refractivity contribution in [3.8, 4) is 11.6 Å². The van der Waals surface area contributed by atoms with Crippen molar-refractivity contribution >= 4 is 35.0 Å². The van der Waals surface area contributed by atoms with E-state index in [0.717, 1.165) is 24.0 Å². The van der Waals surface area contributed by atoms with Crippen LogP contribution in [0.15, 0.2) is 53.5 Å². The van der Waals surface area contributed by atoms with Crippen LogP contribution in [0.3, 0.4) is 0 Å². The van der Waals surface area contributed by atoms with Crippen molar-refractivity contribution < 1.29 is 9.13 Å². The Hall–Kier alpha value is -2.87. The lowest BCUT2D eigenvalue weighted by Gasteiger charge is -2.30. The molecular formula is C26H25Cl2FN4O2. The van der Waals surface area contributed by atoms with Gasteiger partial charge in [-0.05, 0) is 55.3 Å². The maximum absolute atomic E-state index is 14.0. The molecule has 5 heterocycles. The van der Waals surface area contributed by atoms with Gasteiger partial charge in [0.1, 0.15) is 29.6 Å². The van der Waals surface area contributed by atoms with Gasteiger partial charge in [-0.15, -0.1) is 12.4 Å². The van der Waals surface area contributed by atoms with Gasteiger partial charge in [0, 0.05) is 60.0 Å². The third kappa shape index (κ3) is 4.22. The number of nitrogens with zero attached hydrogens (tertiary/aromatic N) is 4. The van der Waals surface area contributed by atoms with Crippen LogP contribution in [0, 0.1) is 5.82 Å². The Labute approximate surface area is 213 Å². The van der Waals surface area contributed by atoms with Gasteiger partial charge in [0.15, 0.2) is 0 Å². The molecule has 0 radical (unpaired) electrons. The maximum Gasteiger partial charge on any atom is 0.259 e. The molecule has 0 N–H and O–H groups in total. The summed E-state index contributed by atoms with van der Waals surface area (Å²) in [5, 5.41) is 1.48. The third-order valence-electron chi connectivity index (χ3n) is 7.09. The highest BCUT2D eigenvalue weighted by molar-refractivity contribution is 6.30. The van der Waals surface area contributed by atoms with Crippen molar-refractivity contribution in [2.24, 2.45) is 7.05 Å². The number of halogens is 3. The van der Waals surface area contributed by atoms with Gasteiger partial charge in [-0.1, -0.05) is 17.7 Å². The molecule has 0 spiro atoms. The molecule has 1 atom stereocenters. The van der Waals surface area contributed by atoms with E-state index in [1.807, 2.05) is 6.07 Å². The topological polar surface area (TPSA) is 52.3 Å². The summed E-state index contributed by atoms with van der Waals surface area (Å²) in [4.78, 5) is 20.3. The van der Waals surface area contributed by atoms with Gasteiger partial charge in [-0.3, -0.25) is 14.3 Å². The van der Waals surface area contributed by atoms with Crippen LogP contribution in [0.1, 0.15) is 29.7 Å². The first-order valence-corrected chi connectivity index (χ1v) is 11.9. The van der Waals surface area contributed by atoms with E-state index in [1.54, 1.807) is 24.4 Å². The Kier molecular flexibility index (Phi) is 6.34. The minimum atomic E-state index is -0.441. The first-order valence-electron chi connectivity index (χ1n) is 11.5. The number of benzene rings is 1. The molecule has 1 aromatic carbocycles. The standard InChI is InChI=1S/C26H24ClFN4O2.ClH/c1-30-23-12-18-3-2-9-31(18)14-21(23)20-6-7-24(29-26(20)30)32-10-8-19(13-25(32)33)34-15-16-4-5-17(27)11-22(16)28;/h4-8,10-11,13,18H,2-3,9,12,14-15H2,1H3;1H. The molecule has 1 fully saturated rings. The summed E-state index contributed by atoms with van der Waals surface area (Å²) in [6.07, 6.45) is 5.23. The van der Waals surface area contributed by atoms with Gasteiger partial charge >= 0.3 is 0 Å². The van der Waals surface area contributed by atoms with Crippen molar-refractivity contribution in [2.45, 2.75) is 38.5 Å². The summed E-state index contributed by atoms with van der Waals surface area (Å²) in [6.45, 7) is 2.14. The van der Waals surface area contributed by atoms with Crippen LogP contribution in [0.25, 0.3) is 16.9 Å². The number of hydrogen-bond acceptors (Lipinski definition) is 4. The minimum Gasteiger partial charge on any atom is -0.489 e. The van der Waals surface area contributed by atoms with E-state index in [2.05, 4.69) is 22.6 Å². The van der Waals surface area contributed by atoms with E-state index < -0.39 is 5.82 Å². The van der Waals surface area contributed by atoms with Crippen molar-refractivity contribution in [1.29, 1.82) is 0 Å². The zero-order valence-electron chi connectivity index (χ0n) is 19.2. The SMILES string of the molecule is Cl.Cn1c2c(c3ccc(-n4ccc(OCc5ccc(Cl)cc5F)cc4=O)nc31)CN1CCCC1C2. The average Bonchev–Trinajstić information content (AvgIpc) is 3.39. The van der Waals surface area contributed by atoms with Gasteiger partial charge in [-0.25, -0.2) is 9.37 Å². The Morgan fingerprint density at radius 1 is 1.20 bits per heavy atom. The number of hydrogen-bond donors (Lipinski definition) is 0. The Bertz CT molecular complexity index is 1480. The normalized spacial score (nSPS) is 17.2. The van der Waals surface area contributed by atoms with Crippen LogP contribution in [0.2, 0.25) is 5.02 Å². The second-order valence-corrected chi connectivity index (χ2v) is 9.53. The molecule has 182 valence electrons. The summed E-state index contributed by atoms with van der Waals surface area (Å²) in [5.41, 5.74) is 3.72. The zero-order chi connectivity index (χ0) is 23.4. The summed E-state index contributed by atoms with van der Waals surface area (Å²) >= 11 is 5.79. The fourth-order valence-electron chi connectivity index (χ4n) is 5.29. The first-order chi connectivity index (χ1) is 16.5. The fourth-order valence-corrected chi connectivity index (χ4v) is 5.45. The molecule has 0 aliphatic carbocycles. The lowest BCUT2D eigenvalue weighted by Crippen LogP contribution is -2.35. The van der Waals surface area contributed by atoms with Crippen LogP contribution in [-0.4, -0.2) is 31.6 Å². The molecule has 6 rings (SSSR count). The molecule has 3 aromatic heterocycles. The van der Waals surface area contributed by atoms with Crippen molar-refractivity contribution in [1.82, 2.24) is 19.0 Å². The minimum absolute atomic E-state index is 0. The molecule has 6 nitrogen and oxygen atoms in total. The largest absolute Gasteiger partial charge is 0.489 e. The van der Waals surface area contributed by atoms with Gasteiger partial charge in [0.05, 0.1) is 0 Å². The molecule has 35 heavy (non-hydrogen) atoms. The van der Waals surface area contributed by atoms with E-state index in [9.17, 15) is 9.18 Å². The number of aryl methyl sites for hydroxylation is 1. The van der Waals surface area contributed by atoms with E-state index in [1.165, 1.54) is 47.3 Å². The lowest BCUT2D eigenvalue weighted by molar-refractivity contribution is 0.225. The molecule has 0 saturated carbocycles. The van der Waals surface area contributed by atoms with E-state index in [-0.39, 0.29) is 24.6 Å². The highest BCUT2D eigenvalue weighted by atomic mass is 35.5. The fraction of sp³-hybridized carbons (Fsp3) is 0.308. The van der Waals surface area contributed by atoms with Crippen LogP contribution in [0.4, 0.5) is 4.39 Å². The van der Waals surface area contributed by atoms with Crippen LogP contribution in [0.5, 0.6) is 5.75 Å². The van der Waals surface area contributed by atoms with Crippen molar-refractivity contribution in [3.63, 3.8) is 0 Å². The van der Waals surface area contributed by atoms with Gasteiger partial charge < -0.3 is 9.30 Å². The molecule has 1 saturated heterocycles. The quantitative estimate of drug-likeness (QED) is 0.382. The van der Waals surface area contributed by atoms with Gasteiger partial charge in [0.25, 0.3) is 5.56 Å². The number of pyridine rings is 2. The number of fused-ring (bicyclic) bond motifs is 4. The molecule has 0 bridgehead atoms. The smallest absolute Gasteiger partial charge is 0.259 e. The first kappa shape index (κ1) is 23.9. The van der Waals surface area contributed by atoms with Crippen LogP contribution >= 0.6 is 24.0 Å². The van der Waals surface area contributed by atoms with E-state index in [0.29, 0.717) is 28.2 Å². The third-order valence-corrected chi connectivity index (χ3v) is 7.33. The van der Waals surface area contributed by atoms with Crippen LogP contribution < -0.4 is 10.3 Å². The number of rotatable bonds is 4. The molecule has 4 aromatic rings. The van der Waals surface area contributed by atoms with Gasteiger partial charge in [0.2, 0.25) is 0 Å². The summed E-state index contributed by atoms with van der Waals surface area (Å²) in [7, 11) is 2.07. The average molecular weight is 515 g/mol. The monoisotopic (exact) mass is 514 g/mol. The zero-order valence-corrected chi connectivity index (χ0v) is 20.8. The molecule has 9 heteroatoms. The predicted molar refractivity (Wildman–Crippen MR) is 136 cm³/mol. The Morgan fingerprint density at radius 3 is 2.86 bits per heavy atom. The lowest BCUT2D eigenvalue weighted by atomic mass is 9.99. The number of ether oxygens (including phenoxy) is 1.